The van der Waals surface area contributed by atoms with Gasteiger partial charge < -0.3 is 19.7 Å². The van der Waals surface area contributed by atoms with E-state index >= 15 is 0 Å². The zero-order valence-corrected chi connectivity index (χ0v) is 15.0. The Hall–Kier alpha value is -2.55. The van der Waals surface area contributed by atoms with Crippen LogP contribution in [-0.2, 0) is 16.0 Å². The van der Waals surface area contributed by atoms with E-state index in [-0.39, 0.29) is 18.7 Å². The van der Waals surface area contributed by atoms with E-state index in [9.17, 15) is 14.7 Å². The van der Waals surface area contributed by atoms with Crippen molar-refractivity contribution in [3.63, 3.8) is 0 Å². The highest BCUT2D eigenvalue weighted by Crippen LogP contribution is 2.28. The Morgan fingerprint density at radius 2 is 2.15 bits per heavy atom. The number of nitrogens with one attached hydrogen (secondary N) is 1. The first-order valence-electron chi connectivity index (χ1n) is 8.11. The Morgan fingerprint density at radius 1 is 1.38 bits per heavy atom. The molecule has 2 heterocycles. The summed E-state index contributed by atoms with van der Waals surface area (Å²) >= 11 is 1.52. The van der Waals surface area contributed by atoms with Gasteiger partial charge in [0.1, 0.15) is 11.3 Å². The fourth-order valence-electron chi connectivity index (χ4n) is 2.65. The third kappa shape index (κ3) is 3.98. The lowest BCUT2D eigenvalue weighted by molar-refractivity contribution is -0.146. The van der Waals surface area contributed by atoms with Crippen LogP contribution in [-0.4, -0.2) is 51.3 Å². The summed E-state index contributed by atoms with van der Waals surface area (Å²) in [7, 11) is 1.59. The van der Waals surface area contributed by atoms with Crippen LogP contribution in [0.1, 0.15) is 18.7 Å². The molecule has 0 saturated carbocycles. The number of aromatic nitrogens is 2. The second-order valence-electron chi connectivity index (χ2n) is 5.98. The van der Waals surface area contributed by atoms with Crippen molar-refractivity contribution in [1.82, 2.24) is 15.5 Å². The van der Waals surface area contributed by atoms with Gasteiger partial charge in [-0.15, -0.1) is 0 Å². The van der Waals surface area contributed by atoms with Gasteiger partial charge in [0.15, 0.2) is 0 Å². The van der Waals surface area contributed by atoms with Gasteiger partial charge in [-0.05, 0) is 36.4 Å². The van der Waals surface area contributed by atoms with Gasteiger partial charge in [0.2, 0.25) is 17.6 Å². The number of methoxy groups -OCH3 is 1. The van der Waals surface area contributed by atoms with Crippen LogP contribution in [0.15, 0.2) is 28.8 Å². The number of benzene rings is 1. The van der Waals surface area contributed by atoms with Gasteiger partial charge in [0.05, 0.1) is 7.11 Å². The third-order valence-corrected chi connectivity index (χ3v) is 5.38. The van der Waals surface area contributed by atoms with Crippen LogP contribution in [0, 0.1) is 0 Å². The van der Waals surface area contributed by atoms with Crippen molar-refractivity contribution in [2.45, 2.75) is 24.8 Å². The first-order valence-corrected chi connectivity index (χ1v) is 9.27. The summed E-state index contributed by atoms with van der Waals surface area (Å²) in [5.41, 5.74) is -0.386. The van der Waals surface area contributed by atoms with Crippen molar-refractivity contribution >= 4 is 23.6 Å². The number of carboxylic acid groups (broad SMARTS) is 1. The Bertz CT molecular complexity index is 784. The number of aliphatic carboxylic acids is 1. The summed E-state index contributed by atoms with van der Waals surface area (Å²) in [6.45, 7) is 0. The molecule has 0 bridgehead atoms. The van der Waals surface area contributed by atoms with Crippen LogP contribution >= 0.6 is 11.8 Å². The molecule has 0 spiro atoms. The van der Waals surface area contributed by atoms with E-state index in [4.69, 9.17) is 9.26 Å². The van der Waals surface area contributed by atoms with E-state index in [1.54, 1.807) is 19.2 Å². The molecule has 2 aromatic rings. The van der Waals surface area contributed by atoms with E-state index in [1.807, 2.05) is 12.1 Å². The minimum atomic E-state index is -1.16. The summed E-state index contributed by atoms with van der Waals surface area (Å²) in [6, 6.07) is 7.22. The zero-order valence-electron chi connectivity index (χ0n) is 14.2. The minimum Gasteiger partial charge on any atom is -0.497 e. The molecule has 9 heteroatoms. The van der Waals surface area contributed by atoms with Gasteiger partial charge in [0.25, 0.3) is 0 Å². The standard InChI is InChI=1S/C17H19N3O5S/c1-24-12-4-2-11(3-5-12)15-18-14(25-20-15)7-6-13(21)19-17(16(22)23)8-9-26-10-17/h2-5H,6-10H2,1H3,(H,19,21)(H,22,23). The van der Waals surface area contributed by atoms with Crippen molar-refractivity contribution in [2.75, 3.05) is 18.6 Å². The Balaban J connectivity index is 1.57. The smallest absolute Gasteiger partial charge is 0.330 e. The van der Waals surface area contributed by atoms with Gasteiger partial charge in [-0.3, -0.25) is 4.79 Å². The summed E-state index contributed by atoms with van der Waals surface area (Å²) in [6.07, 6.45) is 0.767. The fourth-order valence-corrected chi connectivity index (χ4v) is 3.97. The molecule has 1 saturated heterocycles. The third-order valence-electron chi connectivity index (χ3n) is 4.19. The van der Waals surface area contributed by atoms with Crippen LogP contribution < -0.4 is 10.1 Å². The number of aryl methyl sites for hydroxylation is 1. The topological polar surface area (TPSA) is 115 Å². The van der Waals surface area contributed by atoms with Gasteiger partial charge in [-0.1, -0.05) is 5.16 Å². The van der Waals surface area contributed by atoms with Crippen LogP contribution in [0.5, 0.6) is 5.75 Å². The predicted molar refractivity (Wildman–Crippen MR) is 95.1 cm³/mol. The summed E-state index contributed by atoms with van der Waals surface area (Å²) in [5, 5.41) is 15.9. The molecule has 1 aromatic heterocycles. The normalized spacial score (nSPS) is 19.3. The number of carbonyl (C=O) groups excluding carboxylic acids is 1. The van der Waals surface area contributed by atoms with Crippen LogP contribution in [0.25, 0.3) is 11.4 Å². The molecule has 2 N–H and O–H groups in total. The van der Waals surface area contributed by atoms with Gasteiger partial charge in [0, 0.05) is 24.2 Å². The molecule has 26 heavy (non-hydrogen) atoms. The maximum absolute atomic E-state index is 12.1. The quantitative estimate of drug-likeness (QED) is 0.750. The number of hydrogen-bond donors (Lipinski definition) is 2. The average molecular weight is 377 g/mol. The number of thioether (sulfide) groups is 1. The Morgan fingerprint density at radius 3 is 2.77 bits per heavy atom. The average Bonchev–Trinajstić information content (AvgIpc) is 3.30. The number of ether oxygens (including phenoxy) is 1. The summed E-state index contributed by atoms with van der Waals surface area (Å²) < 4.78 is 10.3. The number of amides is 1. The van der Waals surface area contributed by atoms with Crippen molar-refractivity contribution in [1.29, 1.82) is 0 Å². The van der Waals surface area contributed by atoms with Gasteiger partial charge in [-0.25, -0.2) is 4.79 Å². The van der Waals surface area contributed by atoms with E-state index < -0.39 is 11.5 Å². The van der Waals surface area contributed by atoms with Crippen LogP contribution in [0.4, 0.5) is 0 Å². The van der Waals surface area contributed by atoms with E-state index in [1.165, 1.54) is 11.8 Å². The van der Waals surface area contributed by atoms with Crippen LogP contribution in [0.2, 0.25) is 0 Å². The lowest BCUT2D eigenvalue weighted by Gasteiger charge is -2.24. The lowest BCUT2D eigenvalue weighted by atomic mass is 9.99. The molecule has 1 amide bonds. The maximum Gasteiger partial charge on any atom is 0.330 e. The molecule has 3 rings (SSSR count). The van der Waals surface area contributed by atoms with Crippen molar-refractivity contribution in [2.24, 2.45) is 0 Å². The van der Waals surface area contributed by atoms with Crippen molar-refractivity contribution in [3.05, 3.63) is 30.2 Å². The Kier molecular flexibility index (Phi) is 5.46. The fraction of sp³-hybridized carbons (Fsp3) is 0.412. The molecule has 8 nitrogen and oxygen atoms in total. The highest BCUT2D eigenvalue weighted by atomic mass is 32.2. The molecule has 1 aliphatic heterocycles. The van der Waals surface area contributed by atoms with E-state index in [0.717, 1.165) is 17.1 Å². The largest absolute Gasteiger partial charge is 0.497 e. The molecule has 1 aromatic carbocycles. The van der Waals surface area contributed by atoms with Crippen molar-refractivity contribution in [3.8, 4) is 17.1 Å². The first kappa shape index (κ1) is 18.2. The molecule has 1 atom stereocenters. The number of carboxylic acids is 1. The SMILES string of the molecule is COc1ccc(-c2noc(CCC(=O)NC3(C(=O)O)CCSC3)n2)cc1. The summed E-state index contributed by atoms with van der Waals surface area (Å²) in [5.74, 6) is 1.27. The second kappa shape index (κ2) is 7.77. The number of rotatable bonds is 7. The molecule has 0 radical (unpaired) electrons. The van der Waals surface area contributed by atoms with Crippen LogP contribution in [0.3, 0.4) is 0 Å². The summed E-state index contributed by atoms with van der Waals surface area (Å²) in [4.78, 5) is 27.9. The predicted octanol–water partition coefficient (Wildman–Crippen LogP) is 1.75. The second-order valence-corrected chi connectivity index (χ2v) is 7.08. The number of hydrogen-bond acceptors (Lipinski definition) is 7. The number of carbonyl (C=O) groups is 2. The lowest BCUT2D eigenvalue weighted by Crippen LogP contribution is -2.54. The molecule has 1 unspecified atom stereocenters. The molecule has 0 aliphatic carbocycles. The molecule has 1 aliphatic rings. The minimum absolute atomic E-state index is 0.0872. The van der Waals surface area contributed by atoms with Crippen molar-refractivity contribution < 1.29 is 24.0 Å². The van der Waals surface area contributed by atoms with E-state index in [2.05, 4.69) is 15.5 Å². The van der Waals surface area contributed by atoms with Gasteiger partial charge >= 0.3 is 5.97 Å². The Labute approximate surface area is 154 Å². The molecular weight excluding hydrogens is 358 g/mol. The zero-order chi connectivity index (χ0) is 18.6. The van der Waals surface area contributed by atoms with E-state index in [0.29, 0.717) is 23.9 Å². The number of nitrogens with zero attached hydrogens (tertiary/aromatic N) is 2. The molecule has 1 fully saturated rings. The highest BCUT2D eigenvalue weighted by Gasteiger charge is 2.43. The maximum atomic E-state index is 12.1. The monoisotopic (exact) mass is 377 g/mol. The van der Waals surface area contributed by atoms with Gasteiger partial charge in [-0.2, -0.15) is 16.7 Å². The molecular formula is C17H19N3O5S. The highest BCUT2D eigenvalue weighted by molar-refractivity contribution is 7.99. The molecule has 138 valence electrons. The first-order chi connectivity index (χ1) is 12.5.